The van der Waals surface area contributed by atoms with E-state index < -0.39 is 54.0 Å². The average molecular weight is 400 g/mol. The highest BCUT2D eigenvalue weighted by Crippen LogP contribution is 2.21. The molecular formula is C18H32N4O6. The van der Waals surface area contributed by atoms with Crippen LogP contribution in [0.1, 0.15) is 47.0 Å². The highest BCUT2D eigenvalue weighted by molar-refractivity contribution is 5.94. The molecule has 0 aromatic carbocycles. The summed E-state index contributed by atoms with van der Waals surface area (Å²) in [4.78, 5) is 50.2. The number of amides is 3. The second-order valence-corrected chi connectivity index (χ2v) is 7.73. The first-order chi connectivity index (χ1) is 13.0. The third-order valence-electron chi connectivity index (χ3n) is 4.62. The van der Waals surface area contributed by atoms with Gasteiger partial charge in [0, 0.05) is 6.54 Å². The van der Waals surface area contributed by atoms with Gasteiger partial charge in [-0.2, -0.15) is 0 Å². The van der Waals surface area contributed by atoms with Gasteiger partial charge >= 0.3 is 5.97 Å². The van der Waals surface area contributed by atoms with E-state index in [9.17, 15) is 24.3 Å². The Morgan fingerprint density at radius 3 is 2.21 bits per heavy atom. The largest absolute Gasteiger partial charge is 0.480 e. The number of carboxylic acid groups (broad SMARTS) is 1. The topological polar surface area (TPSA) is 162 Å². The maximum atomic E-state index is 13.0. The van der Waals surface area contributed by atoms with Crippen molar-refractivity contribution in [3.05, 3.63) is 0 Å². The molecule has 1 saturated heterocycles. The number of nitrogens with one attached hydrogen (secondary N) is 2. The molecule has 0 aromatic rings. The van der Waals surface area contributed by atoms with E-state index in [1.807, 2.05) is 13.8 Å². The molecule has 1 rings (SSSR count). The second kappa shape index (κ2) is 10.4. The quantitative estimate of drug-likeness (QED) is 0.325. The third-order valence-corrected chi connectivity index (χ3v) is 4.62. The first kappa shape index (κ1) is 23.8. The Kier molecular flexibility index (Phi) is 8.83. The van der Waals surface area contributed by atoms with E-state index in [-0.39, 0.29) is 5.92 Å². The van der Waals surface area contributed by atoms with Gasteiger partial charge in [0.1, 0.15) is 12.1 Å². The van der Waals surface area contributed by atoms with E-state index in [0.717, 1.165) is 0 Å². The zero-order valence-electron chi connectivity index (χ0n) is 16.8. The maximum Gasteiger partial charge on any atom is 0.328 e. The van der Waals surface area contributed by atoms with Crippen LogP contribution in [0.3, 0.4) is 0 Å². The lowest BCUT2D eigenvalue weighted by atomic mass is 10.0. The van der Waals surface area contributed by atoms with Gasteiger partial charge in [-0.25, -0.2) is 4.79 Å². The van der Waals surface area contributed by atoms with Crippen molar-refractivity contribution in [3.63, 3.8) is 0 Å². The van der Waals surface area contributed by atoms with Crippen LogP contribution in [0.5, 0.6) is 0 Å². The van der Waals surface area contributed by atoms with Gasteiger partial charge in [-0.1, -0.05) is 13.8 Å². The minimum absolute atomic E-state index is 0.115. The first-order valence-electron chi connectivity index (χ1n) is 9.53. The van der Waals surface area contributed by atoms with Gasteiger partial charge in [0.15, 0.2) is 6.04 Å². The highest BCUT2D eigenvalue weighted by atomic mass is 16.4. The summed E-state index contributed by atoms with van der Waals surface area (Å²) >= 11 is 0. The summed E-state index contributed by atoms with van der Waals surface area (Å²) in [6, 6.07) is -3.91. The molecule has 0 aliphatic carbocycles. The summed E-state index contributed by atoms with van der Waals surface area (Å²) in [7, 11) is 0. The first-order valence-corrected chi connectivity index (χ1v) is 9.53. The molecule has 1 aliphatic heterocycles. The molecule has 0 spiro atoms. The molecule has 1 heterocycles. The molecule has 10 heteroatoms. The number of hydrogen-bond donors (Lipinski definition) is 5. The Labute approximate surface area is 164 Å². The van der Waals surface area contributed by atoms with Gasteiger partial charge in [-0.05, 0) is 39.0 Å². The lowest BCUT2D eigenvalue weighted by Gasteiger charge is -2.30. The Morgan fingerprint density at radius 2 is 1.75 bits per heavy atom. The zero-order chi connectivity index (χ0) is 21.6. The normalized spacial score (nSPS) is 21.0. The van der Waals surface area contributed by atoms with E-state index in [0.29, 0.717) is 25.8 Å². The fourth-order valence-corrected chi connectivity index (χ4v) is 3.14. The number of nitrogens with two attached hydrogens (primary N) is 1. The number of rotatable bonds is 9. The Bertz CT molecular complexity index is 593. The molecule has 160 valence electrons. The number of nitrogens with zero attached hydrogens (tertiary/aromatic N) is 1. The Balaban J connectivity index is 2.94. The summed E-state index contributed by atoms with van der Waals surface area (Å²) in [6.07, 6.45) is 0.0460. The van der Waals surface area contributed by atoms with Gasteiger partial charge in [0.2, 0.25) is 17.7 Å². The minimum atomic E-state index is -1.46. The van der Waals surface area contributed by atoms with Crippen LogP contribution in [0.4, 0.5) is 0 Å². The molecule has 3 amide bonds. The Hall–Kier alpha value is -2.20. The van der Waals surface area contributed by atoms with E-state index in [1.54, 1.807) is 0 Å². The third kappa shape index (κ3) is 6.45. The molecule has 1 aliphatic rings. The maximum absolute atomic E-state index is 13.0. The van der Waals surface area contributed by atoms with Crippen LogP contribution in [0.2, 0.25) is 0 Å². The van der Waals surface area contributed by atoms with Crippen LogP contribution in [0, 0.1) is 5.92 Å². The molecule has 10 nitrogen and oxygen atoms in total. The van der Waals surface area contributed by atoms with Gasteiger partial charge in [-0.15, -0.1) is 0 Å². The SMILES string of the molecule is CC(C)CC(NC(=O)C(C)N)C(=O)N1CCCC1C(=O)NC(C(=O)O)C(C)O. The lowest BCUT2D eigenvalue weighted by molar-refractivity contribution is -0.147. The van der Waals surface area contributed by atoms with Crippen LogP contribution in [0.15, 0.2) is 0 Å². The molecule has 0 aromatic heterocycles. The molecule has 1 fully saturated rings. The van der Waals surface area contributed by atoms with Crippen LogP contribution < -0.4 is 16.4 Å². The summed E-state index contributed by atoms with van der Waals surface area (Å²) in [5.41, 5.74) is 5.58. The average Bonchev–Trinajstić information content (AvgIpc) is 3.06. The number of aliphatic hydroxyl groups is 1. The zero-order valence-corrected chi connectivity index (χ0v) is 16.8. The molecular weight excluding hydrogens is 368 g/mol. The van der Waals surface area contributed by atoms with Crippen LogP contribution in [-0.2, 0) is 19.2 Å². The number of aliphatic carboxylic acids is 1. The lowest BCUT2D eigenvalue weighted by Crippen LogP contribution is -2.57. The van der Waals surface area contributed by atoms with Crippen LogP contribution in [0.25, 0.3) is 0 Å². The predicted molar refractivity (Wildman–Crippen MR) is 101 cm³/mol. The smallest absolute Gasteiger partial charge is 0.328 e. The number of aliphatic hydroxyl groups excluding tert-OH is 1. The minimum Gasteiger partial charge on any atom is -0.480 e. The molecule has 5 atom stereocenters. The van der Waals surface area contributed by atoms with Crippen molar-refractivity contribution in [1.82, 2.24) is 15.5 Å². The summed E-state index contributed by atoms with van der Waals surface area (Å²) in [5.74, 6) is -2.74. The highest BCUT2D eigenvalue weighted by Gasteiger charge is 2.39. The van der Waals surface area contributed by atoms with Gasteiger partial charge < -0.3 is 31.5 Å². The fourth-order valence-electron chi connectivity index (χ4n) is 3.14. The molecule has 28 heavy (non-hydrogen) atoms. The molecule has 0 radical (unpaired) electrons. The number of carbonyl (C=O) groups excluding carboxylic acids is 3. The van der Waals surface area contributed by atoms with Crippen molar-refractivity contribution in [2.75, 3.05) is 6.54 Å². The predicted octanol–water partition coefficient (Wildman–Crippen LogP) is -1.19. The Morgan fingerprint density at radius 1 is 1.14 bits per heavy atom. The number of likely N-dealkylation sites (tertiary alicyclic amines) is 1. The monoisotopic (exact) mass is 400 g/mol. The van der Waals surface area contributed by atoms with Crippen molar-refractivity contribution in [1.29, 1.82) is 0 Å². The van der Waals surface area contributed by atoms with Crippen molar-refractivity contribution in [2.24, 2.45) is 11.7 Å². The van der Waals surface area contributed by atoms with Crippen LogP contribution in [-0.4, -0.2) is 75.6 Å². The van der Waals surface area contributed by atoms with Crippen LogP contribution >= 0.6 is 0 Å². The van der Waals surface area contributed by atoms with Crippen molar-refractivity contribution in [2.45, 2.75) is 77.2 Å². The molecule has 0 bridgehead atoms. The van der Waals surface area contributed by atoms with Gasteiger partial charge in [-0.3, -0.25) is 14.4 Å². The summed E-state index contributed by atoms with van der Waals surface area (Å²) in [5, 5.41) is 23.6. The number of carbonyl (C=O) groups is 4. The fraction of sp³-hybridized carbons (Fsp3) is 0.778. The second-order valence-electron chi connectivity index (χ2n) is 7.73. The van der Waals surface area contributed by atoms with Crippen molar-refractivity contribution in [3.8, 4) is 0 Å². The van der Waals surface area contributed by atoms with Crippen molar-refractivity contribution >= 4 is 23.7 Å². The van der Waals surface area contributed by atoms with Gasteiger partial charge in [0.25, 0.3) is 0 Å². The number of hydrogen-bond acceptors (Lipinski definition) is 6. The molecule has 6 N–H and O–H groups in total. The summed E-state index contributed by atoms with van der Waals surface area (Å²) in [6.45, 7) is 6.92. The van der Waals surface area contributed by atoms with E-state index in [1.165, 1.54) is 18.7 Å². The summed E-state index contributed by atoms with van der Waals surface area (Å²) < 4.78 is 0. The van der Waals surface area contributed by atoms with Gasteiger partial charge in [0.05, 0.1) is 12.1 Å². The molecule has 0 saturated carbocycles. The number of carboxylic acids is 1. The van der Waals surface area contributed by atoms with E-state index in [2.05, 4.69) is 10.6 Å². The standard InChI is InChI=1S/C18H32N4O6/c1-9(2)8-12(20-15(24)10(3)19)17(26)22-7-5-6-13(22)16(25)21-14(11(4)23)18(27)28/h9-14,23H,5-8,19H2,1-4H3,(H,20,24)(H,21,25)(H,27,28). The van der Waals surface area contributed by atoms with Crippen molar-refractivity contribution < 1.29 is 29.4 Å². The van der Waals surface area contributed by atoms with E-state index in [4.69, 9.17) is 10.8 Å². The molecule has 5 unspecified atom stereocenters. The van der Waals surface area contributed by atoms with E-state index >= 15 is 0 Å².